The molecule has 5 heteroatoms. The van der Waals surface area contributed by atoms with E-state index in [0.717, 1.165) is 24.8 Å². The molecule has 0 saturated heterocycles. The summed E-state index contributed by atoms with van der Waals surface area (Å²) >= 11 is 6.09. The van der Waals surface area contributed by atoms with E-state index in [2.05, 4.69) is 10.6 Å². The van der Waals surface area contributed by atoms with Crippen LogP contribution in [-0.2, 0) is 0 Å². The van der Waals surface area contributed by atoms with E-state index in [1.807, 2.05) is 26.0 Å². The van der Waals surface area contributed by atoms with Gasteiger partial charge in [-0.2, -0.15) is 0 Å². The Morgan fingerprint density at radius 3 is 2.95 bits per heavy atom. The molecule has 0 aliphatic heterocycles. The zero-order valence-corrected chi connectivity index (χ0v) is 12.6. The van der Waals surface area contributed by atoms with Gasteiger partial charge in [-0.15, -0.1) is 0 Å². The summed E-state index contributed by atoms with van der Waals surface area (Å²) in [5.74, 6) is 0. The summed E-state index contributed by atoms with van der Waals surface area (Å²) in [6, 6.07) is 5.22. The number of aliphatic hydroxyl groups excluding tert-OH is 1. The minimum atomic E-state index is -0.276. The van der Waals surface area contributed by atoms with Crippen molar-refractivity contribution in [2.45, 2.75) is 39.2 Å². The van der Waals surface area contributed by atoms with Gasteiger partial charge >= 0.3 is 6.03 Å². The number of anilines is 1. The SMILES string of the molecule is Cc1ccc(NC(=O)NC2CCCC2(C)CO)c(Cl)c1. The fourth-order valence-corrected chi connectivity index (χ4v) is 2.99. The summed E-state index contributed by atoms with van der Waals surface area (Å²) < 4.78 is 0. The van der Waals surface area contributed by atoms with Gasteiger partial charge in [-0.1, -0.05) is 31.0 Å². The van der Waals surface area contributed by atoms with Crippen molar-refractivity contribution in [3.8, 4) is 0 Å². The van der Waals surface area contributed by atoms with Gasteiger partial charge in [0.25, 0.3) is 0 Å². The molecule has 1 aliphatic carbocycles. The molecule has 1 aromatic carbocycles. The van der Waals surface area contributed by atoms with E-state index in [9.17, 15) is 9.90 Å². The molecular formula is C15H21ClN2O2. The molecule has 20 heavy (non-hydrogen) atoms. The molecule has 0 radical (unpaired) electrons. The van der Waals surface area contributed by atoms with Crippen molar-refractivity contribution in [2.24, 2.45) is 5.41 Å². The second kappa shape index (κ2) is 6.02. The zero-order valence-electron chi connectivity index (χ0n) is 11.9. The first kappa shape index (κ1) is 15.1. The highest BCUT2D eigenvalue weighted by molar-refractivity contribution is 6.33. The first-order chi connectivity index (χ1) is 9.44. The maximum Gasteiger partial charge on any atom is 0.319 e. The minimum absolute atomic E-state index is 0.00303. The largest absolute Gasteiger partial charge is 0.396 e. The fourth-order valence-electron chi connectivity index (χ4n) is 2.71. The molecule has 2 rings (SSSR count). The van der Waals surface area contributed by atoms with Gasteiger partial charge in [-0.3, -0.25) is 0 Å². The van der Waals surface area contributed by atoms with E-state index in [4.69, 9.17) is 11.6 Å². The molecule has 4 nitrogen and oxygen atoms in total. The lowest BCUT2D eigenvalue weighted by Gasteiger charge is -2.30. The summed E-state index contributed by atoms with van der Waals surface area (Å²) in [7, 11) is 0. The molecule has 2 amide bonds. The number of hydrogen-bond donors (Lipinski definition) is 3. The first-order valence-electron chi connectivity index (χ1n) is 6.89. The van der Waals surface area contributed by atoms with Crippen molar-refractivity contribution in [2.75, 3.05) is 11.9 Å². The van der Waals surface area contributed by atoms with Crippen molar-refractivity contribution < 1.29 is 9.90 Å². The molecule has 0 spiro atoms. The average Bonchev–Trinajstić information content (AvgIpc) is 2.75. The number of rotatable bonds is 3. The average molecular weight is 297 g/mol. The maximum absolute atomic E-state index is 12.0. The predicted molar refractivity (Wildman–Crippen MR) is 81.2 cm³/mol. The molecule has 1 aromatic rings. The van der Waals surface area contributed by atoms with Gasteiger partial charge < -0.3 is 15.7 Å². The van der Waals surface area contributed by atoms with Crippen molar-refractivity contribution in [3.63, 3.8) is 0 Å². The van der Waals surface area contributed by atoms with Gasteiger partial charge in [0.2, 0.25) is 0 Å². The Kier molecular flexibility index (Phi) is 4.55. The van der Waals surface area contributed by atoms with Crippen molar-refractivity contribution >= 4 is 23.3 Å². The van der Waals surface area contributed by atoms with Crippen LogP contribution in [-0.4, -0.2) is 23.8 Å². The smallest absolute Gasteiger partial charge is 0.319 e. The molecule has 0 aromatic heterocycles. The number of amides is 2. The minimum Gasteiger partial charge on any atom is -0.396 e. The number of hydrogen-bond acceptors (Lipinski definition) is 2. The van der Waals surface area contributed by atoms with Crippen LogP contribution in [0.1, 0.15) is 31.7 Å². The maximum atomic E-state index is 12.0. The normalized spacial score (nSPS) is 25.5. The molecule has 1 saturated carbocycles. The van der Waals surface area contributed by atoms with Gasteiger partial charge in [-0.05, 0) is 37.5 Å². The quantitative estimate of drug-likeness (QED) is 0.801. The Balaban J connectivity index is 1.99. The van der Waals surface area contributed by atoms with Crippen LogP contribution < -0.4 is 10.6 Å². The number of halogens is 1. The summed E-state index contributed by atoms with van der Waals surface area (Å²) in [5, 5.41) is 15.7. The first-order valence-corrected chi connectivity index (χ1v) is 7.27. The van der Waals surface area contributed by atoms with Crippen LogP contribution in [0.3, 0.4) is 0 Å². The van der Waals surface area contributed by atoms with Crippen LogP contribution in [0.5, 0.6) is 0 Å². The molecule has 2 atom stereocenters. The molecule has 110 valence electrons. The zero-order chi connectivity index (χ0) is 14.8. The van der Waals surface area contributed by atoms with E-state index in [1.54, 1.807) is 6.07 Å². The highest BCUT2D eigenvalue weighted by Crippen LogP contribution is 2.37. The monoisotopic (exact) mass is 296 g/mol. The molecular weight excluding hydrogens is 276 g/mol. The van der Waals surface area contributed by atoms with E-state index in [-0.39, 0.29) is 24.1 Å². The Bertz CT molecular complexity index is 507. The third kappa shape index (κ3) is 3.25. The van der Waals surface area contributed by atoms with Gasteiger partial charge in [0.05, 0.1) is 17.3 Å². The molecule has 1 aliphatic rings. The summed E-state index contributed by atoms with van der Waals surface area (Å²) in [5.41, 5.74) is 1.41. The summed E-state index contributed by atoms with van der Waals surface area (Å²) in [4.78, 5) is 12.0. The molecule has 2 unspecified atom stereocenters. The lowest BCUT2D eigenvalue weighted by molar-refractivity contribution is 0.122. The summed E-state index contributed by atoms with van der Waals surface area (Å²) in [6.07, 6.45) is 2.85. The van der Waals surface area contributed by atoms with Crippen molar-refractivity contribution in [3.05, 3.63) is 28.8 Å². The lowest BCUT2D eigenvalue weighted by atomic mass is 9.86. The van der Waals surface area contributed by atoms with E-state index in [1.165, 1.54) is 0 Å². The van der Waals surface area contributed by atoms with Gasteiger partial charge in [0.1, 0.15) is 0 Å². The van der Waals surface area contributed by atoms with Crippen LogP contribution in [0.15, 0.2) is 18.2 Å². The Labute approximate surface area is 124 Å². The second-order valence-electron chi connectivity index (χ2n) is 5.84. The fraction of sp³-hybridized carbons (Fsp3) is 0.533. The predicted octanol–water partition coefficient (Wildman–Crippen LogP) is 3.32. The van der Waals surface area contributed by atoms with Crippen LogP contribution in [0.4, 0.5) is 10.5 Å². The third-order valence-electron chi connectivity index (χ3n) is 4.12. The number of benzene rings is 1. The Morgan fingerprint density at radius 1 is 1.55 bits per heavy atom. The van der Waals surface area contributed by atoms with Crippen LogP contribution >= 0.6 is 11.6 Å². The third-order valence-corrected chi connectivity index (χ3v) is 4.43. The van der Waals surface area contributed by atoms with Gasteiger partial charge in [0, 0.05) is 11.5 Å². The topological polar surface area (TPSA) is 61.4 Å². The molecule has 3 N–H and O–H groups in total. The number of carbonyl (C=O) groups is 1. The molecule has 0 heterocycles. The van der Waals surface area contributed by atoms with Crippen LogP contribution in [0.25, 0.3) is 0 Å². The van der Waals surface area contributed by atoms with E-state index >= 15 is 0 Å². The number of urea groups is 1. The number of carbonyl (C=O) groups excluding carboxylic acids is 1. The number of aliphatic hydroxyl groups is 1. The standard InChI is InChI=1S/C15H21ClN2O2/c1-10-5-6-12(11(16)8-10)17-14(20)18-13-4-3-7-15(13,2)9-19/h5-6,8,13,19H,3-4,7,9H2,1-2H3,(H2,17,18,20). The molecule has 0 bridgehead atoms. The van der Waals surface area contributed by atoms with Crippen molar-refractivity contribution in [1.29, 1.82) is 0 Å². The number of aryl methyl sites for hydroxylation is 1. The Hall–Kier alpha value is -1.26. The lowest BCUT2D eigenvalue weighted by Crippen LogP contribution is -2.46. The number of nitrogens with one attached hydrogen (secondary N) is 2. The Morgan fingerprint density at radius 2 is 2.30 bits per heavy atom. The van der Waals surface area contributed by atoms with Crippen LogP contribution in [0, 0.1) is 12.3 Å². The van der Waals surface area contributed by atoms with Crippen LogP contribution in [0.2, 0.25) is 5.02 Å². The highest BCUT2D eigenvalue weighted by atomic mass is 35.5. The summed E-state index contributed by atoms with van der Waals surface area (Å²) in [6.45, 7) is 4.04. The van der Waals surface area contributed by atoms with E-state index in [0.29, 0.717) is 10.7 Å². The highest BCUT2D eigenvalue weighted by Gasteiger charge is 2.39. The molecule has 1 fully saturated rings. The van der Waals surface area contributed by atoms with E-state index < -0.39 is 0 Å². The van der Waals surface area contributed by atoms with Gasteiger partial charge in [-0.25, -0.2) is 4.79 Å². The second-order valence-corrected chi connectivity index (χ2v) is 6.25. The van der Waals surface area contributed by atoms with Gasteiger partial charge in [0.15, 0.2) is 0 Å². The van der Waals surface area contributed by atoms with Crippen molar-refractivity contribution in [1.82, 2.24) is 5.32 Å².